The van der Waals surface area contributed by atoms with E-state index in [0.717, 1.165) is 26.1 Å². The van der Waals surface area contributed by atoms with Crippen LogP contribution in [0.1, 0.15) is 25.7 Å². The summed E-state index contributed by atoms with van der Waals surface area (Å²) in [5.41, 5.74) is 3.22. The zero-order valence-electron chi connectivity index (χ0n) is 8.87. The van der Waals surface area contributed by atoms with E-state index in [1.807, 2.05) is 0 Å². The number of aliphatic hydroxyl groups is 1. The molecule has 0 radical (unpaired) electrons. The molecule has 0 aliphatic carbocycles. The van der Waals surface area contributed by atoms with Gasteiger partial charge in [0, 0.05) is 32.8 Å². The van der Waals surface area contributed by atoms with E-state index in [9.17, 15) is 4.79 Å². The molecular formula is C10H18N2O3. The Balaban J connectivity index is 1.92. The molecule has 2 aliphatic rings. The third kappa shape index (κ3) is 2.30. The van der Waals surface area contributed by atoms with Gasteiger partial charge in [-0.2, -0.15) is 0 Å². The topological polar surface area (TPSA) is 61.8 Å². The molecule has 2 aliphatic heterocycles. The minimum Gasteiger partial charge on any atom is -0.396 e. The number of amides is 1. The molecular weight excluding hydrogens is 196 g/mol. The van der Waals surface area contributed by atoms with E-state index in [2.05, 4.69) is 5.43 Å². The molecule has 0 atom stereocenters. The van der Waals surface area contributed by atoms with Crippen LogP contribution in [0.3, 0.4) is 0 Å². The van der Waals surface area contributed by atoms with Gasteiger partial charge in [0.25, 0.3) is 0 Å². The van der Waals surface area contributed by atoms with E-state index in [1.54, 1.807) is 5.01 Å². The summed E-state index contributed by atoms with van der Waals surface area (Å²) in [6.45, 7) is 2.18. The van der Waals surface area contributed by atoms with Crippen LogP contribution in [-0.2, 0) is 9.53 Å². The summed E-state index contributed by atoms with van der Waals surface area (Å²) in [5, 5.41) is 10.4. The van der Waals surface area contributed by atoms with Crippen LogP contribution in [0.15, 0.2) is 0 Å². The third-order valence-corrected chi connectivity index (χ3v) is 3.15. The Bertz CT molecular complexity index is 239. The van der Waals surface area contributed by atoms with E-state index in [1.165, 1.54) is 0 Å². The van der Waals surface area contributed by atoms with Gasteiger partial charge in [0.05, 0.1) is 5.54 Å². The fraction of sp³-hybridized carbons (Fsp3) is 0.900. The van der Waals surface area contributed by atoms with E-state index in [0.29, 0.717) is 19.4 Å². The van der Waals surface area contributed by atoms with E-state index in [4.69, 9.17) is 9.84 Å². The lowest BCUT2D eigenvalue weighted by molar-refractivity contribution is -0.129. The first-order chi connectivity index (χ1) is 7.26. The Morgan fingerprint density at radius 1 is 1.47 bits per heavy atom. The molecule has 15 heavy (non-hydrogen) atoms. The number of nitrogens with zero attached hydrogens (tertiary/aromatic N) is 1. The van der Waals surface area contributed by atoms with Crippen LogP contribution in [0.25, 0.3) is 0 Å². The van der Waals surface area contributed by atoms with Gasteiger partial charge in [0.1, 0.15) is 0 Å². The number of nitrogens with one attached hydrogen (secondary N) is 1. The third-order valence-electron chi connectivity index (χ3n) is 3.15. The first-order valence-corrected chi connectivity index (χ1v) is 5.53. The van der Waals surface area contributed by atoms with E-state index < -0.39 is 0 Å². The number of ether oxygens (including phenoxy) is 1. The standard InChI is InChI=1S/C10H18N2O3/c13-5-1-4-12-9(14)8-10(11-12)2-6-15-7-3-10/h11,13H,1-8H2. The van der Waals surface area contributed by atoms with Crippen molar-refractivity contribution in [2.75, 3.05) is 26.4 Å². The summed E-state index contributed by atoms with van der Waals surface area (Å²) in [5.74, 6) is 0.144. The summed E-state index contributed by atoms with van der Waals surface area (Å²) in [4.78, 5) is 11.7. The summed E-state index contributed by atoms with van der Waals surface area (Å²) in [6.07, 6.45) is 3.00. The van der Waals surface area contributed by atoms with Crippen LogP contribution in [0.5, 0.6) is 0 Å². The Morgan fingerprint density at radius 3 is 2.87 bits per heavy atom. The van der Waals surface area contributed by atoms with Gasteiger partial charge in [0.2, 0.25) is 5.91 Å². The second kappa shape index (κ2) is 4.47. The van der Waals surface area contributed by atoms with Gasteiger partial charge >= 0.3 is 0 Å². The zero-order valence-corrected chi connectivity index (χ0v) is 8.87. The number of hydrazine groups is 1. The van der Waals surface area contributed by atoms with Crippen LogP contribution in [0, 0.1) is 0 Å². The molecule has 0 saturated carbocycles. The van der Waals surface area contributed by atoms with E-state index in [-0.39, 0.29) is 18.1 Å². The molecule has 0 aromatic rings. The Hall–Kier alpha value is -0.650. The molecule has 2 rings (SSSR count). The molecule has 0 unspecified atom stereocenters. The number of carbonyl (C=O) groups excluding carboxylic acids is 1. The second-order valence-electron chi connectivity index (χ2n) is 4.30. The molecule has 2 saturated heterocycles. The SMILES string of the molecule is O=C1CC2(CCOCC2)NN1CCCO. The average molecular weight is 214 g/mol. The lowest BCUT2D eigenvalue weighted by Crippen LogP contribution is -2.49. The monoisotopic (exact) mass is 214 g/mol. The molecule has 2 fully saturated rings. The highest BCUT2D eigenvalue weighted by atomic mass is 16.5. The van der Waals surface area contributed by atoms with Crippen molar-refractivity contribution in [3.63, 3.8) is 0 Å². The molecule has 0 bridgehead atoms. The van der Waals surface area contributed by atoms with Crippen LogP contribution < -0.4 is 5.43 Å². The molecule has 0 aromatic carbocycles. The maximum absolute atomic E-state index is 11.7. The number of carbonyl (C=O) groups is 1. The summed E-state index contributed by atoms with van der Waals surface area (Å²) in [6, 6.07) is 0. The fourth-order valence-corrected chi connectivity index (χ4v) is 2.23. The van der Waals surface area contributed by atoms with Crippen molar-refractivity contribution in [1.29, 1.82) is 0 Å². The van der Waals surface area contributed by atoms with Crippen LogP contribution in [0.4, 0.5) is 0 Å². The largest absolute Gasteiger partial charge is 0.396 e. The maximum atomic E-state index is 11.7. The number of rotatable bonds is 3. The molecule has 0 aromatic heterocycles. The molecule has 1 spiro atoms. The molecule has 5 nitrogen and oxygen atoms in total. The number of aliphatic hydroxyl groups excluding tert-OH is 1. The van der Waals surface area contributed by atoms with Gasteiger partial charge < -0.3 is 9.84 Å². The molecule has 1 amide bonds. The summed E-state index contributed by atoms with van der Waals surface area (Å²) in [7, 11) is 0. The van der Waals surface area contributed by atoms with Crippen molar-refractivity contribution in [3.8, 4) is 0 Å². The Morgan fingerprint density at radius 2 is 2.20 bits per heavy atom. The van der Waals surface area contributed by atoms with Crippen molar-refractivity contribution in [3.05, 3.63) is 0 Å². The molecule has 5 heteroatoms. The molecule has 2 heterocycles. The van der Waals surface area contributed by atoms with Crippen LogP contribution in [-0.4, -0.2) is 47.9 Å². The predicted molar refractivity (Wildman–Crippen MR) is 54.0 cm³/mol. The fourth-order valence-electron chi connectivity index (χ4n) is 2.23. The van der Waals surface area contributed by atoms with Crippen molar-refractivity contribution < 1.29 is 14.6 Å². The summed E-state index contributed by atoms with van der Waals surface area (Å²) >= 11 is 0. The van der Waals surface area contributed by atoms with Crippen molar-refractivity contribution >= 4 is 5.91 Å². The van der Waals surface area contributed by atoms with Gasteiger partial charge in [-0.15, -0.1) is 0 Å². The van der Waals surface area contributed by atoms with Crippen LogP contribution >= 0.6 is 0 Å². The second-order valence-corrected chi connectivity index (χ2v) is 4.30. The van der Waals surface area contributed by atoms with Gasteiger partial charge in [-0.25, -0.2) is 5.43 Å². The first kappa shape index (κ1) is 10.9. The van der Waals surface area contributed by atoms with Crippen molar-refractivity contribution in [2.45, 2.75) is 31.2 Å². The Labute approximate surface area is 89.4 Å². The minimum atomic E-state index is -0.0647. The lowest BCUT2D eigenvalue weighted by Gasteiger charge is -2.33. The quantitative estimate of drug-likeness (QED) is 0.674. The summed E-state index contributed by atoms with van der Waals surface area (Å²) < 4.78 is 5.30. The van der Waals surface area contributed by atoms with Crippen molar-refractivity contribution in [2.24, 2.45) is 0 Å². The first-order valence-electron chi connectivity index (χ1n) is 5.53. The maximum Gasteiger partial charge on any atom is 0.238 e. The zero-order chi connectivity index (χ0) is 10.7. The molecule has 2 N–H and O–H groups in total. The average Bonchev–Trinajstić information content (AvgIpc) is 2.53. The highest BCUT2D eigenvalue weighted by Crippen LogP contribution is 2.30. The van der Waals surface area contributed by atoms with E-state index >= 15 is 0 Å². The number of hydrogen-bond donors (Lipinski definition) is 2. The van der Waals surface area contributed by atoms with Gasteiger partial charge in [-0.05, 0) is 19.3 Å². The highest BCUT2D eigenvalue weighted by Gasteiger charge is 2.43. The normalized spacial score (nSPS) is 25.1. The smallest absolute Gasteiger partial charge is 0.238 e. The predicted octanol–water partition coefficient (Wildman–Crippen LogP) is -0.345. The van der Waals surface area contributed by atoms with Crippen LogP contribution in [0.2, 0.25) is 0 Å². The van der Waals surface area contributed by atoms with Gasteiger partial charge in [-0.1, -0.05) is 0 Å². The highest BCUT2D eigenvalue weighted by molar-refractivity contribution is 5.79. The number of hydrogen-bond acceptors (Lipinski definition) is 4. The Kier molecular flexibility index (Phi) is 3.23. The lowest BCUT2D eigenvalue weighted by atomic mass is 9.89. The molecule has 86 valence electrons. The van der Waals surface area contributed by atoms with Crippen molar-refractivity contribution in [1.82, 2.24) is 10.4 Å². The van der Waals surface area contributed by atoms with Gasteiger partial charge in [0.15, 0.2) is 0 Å². The van der Waals surface area contributed by atoms with Gasteiger partial charge in [-0.3, -0.25) is 9.80 Å². The minimum absolute atomic E-state index is 0.0647.